The van der Waals surface area contributed by atoms with E-state index in [0.717, 1.165) is 17.5 Å². The molecule has 5 nitrogen and oxygen atoms in total. The van der Waals surface area contributed by atoms with E-state index in [0.29, 0.717) is 18.1 Å². The molecule has 1 heterocycles. The molecule has 1 atom stereocenters. The van der Waals surface area contributed by atoms with E-state index in [4.69, 9.17) is 4.52 Å². The van der Waals surface area contributed by atoms with Crippen molar-refractivity contribution in [2.24, 2.45) is 0 Å². The highest BCUT2D eigenvalue weighted by atomic mass is 16.5. The summed E-state index contributed by atoms with van der Waals surface area (Å²) in [6, 6.07) is 19.7. The van der Waals surface area contributed by atoms with E-state index in [9.17, 15) is 4.79 Å². The van der Waals surface area contributed by atoms with Crippen molar-refractivity contribution in [2.45, 2.75) is 32.2 Å². The molecular formula is C20H21N3O2. The second kappa shape index (κ2) is 8.24. The smallest absolute Gasteiger partial charge is 0.231 e. The third-order valence-electron chi connectivity index (χ3n) is 4.06. The van der Waals surface area contributed by atoms with Crippen molar-refractivity contribution < 1.29 is 9.32 Å². The average Bonchev–Trinajstić information content (AvgIpc) is 3.10. The second-order valence-corrected chi connectivity index (χ2v) is 5.86. The van der Waals surface area contributed by atoms with Crippen LogP contribution < -0.4 is 5.32 Å². The minimum Gasteiger partial charge on any atom is -0.348 e. The van der Waals surface area contributed by atoms with Crippen LogP contribution in [-0.4, -0.2) is 16.0 Å². The quantitative estimate of drug-likeness (QED) is 0.718. The van der Waals surface area contributed by atoms with Crippen LogP contribution in [-0.2, 0) is 17.8 Å². The Morgan fingerprint density at radius 3 is 2.44 bits per heavy atom. The molecule has 0 unspecified atom stereocenters. The van der Waals surface area contributed by atoms with E-state index in [2.05, 4.69) is 15.5 Å². The first-order valence-corrected chi connectivity index (χ1v) is 8.44. The minimum absolute atomic E-state index is 0.0249. The van der Waals surface area contributed by atoms with Crippen LogP contribution in [0.25, 0.3) is 0 Å². The maximum Gasteiger partial charge on any atom is 0.231 e. The van der Waals surface area contributed by atoms with Gasteiger partial charge in [0.25, 0.3) is 0 Å². The van der Waals surface area contributed by atoms with Crippen LogP contribution in [0.15, 0.2) is 65.2 Å². The Hall–Kier alpha value is -2.95. The lowest BCUT2D eigenvalue weighted by molar-refractivity contribution is -0.122. The zero-order valence-electron chi connectivity index (χ0n) is 14.2. The molecule has 0 aliphatic carbocycles. The maximum atomic E-state index is 12.4. The van der Waals surface area contributed by atoms with Crippen LogP contribution in [0.1, 0.15) is 42.1 Å². The van der Waals surface area contributed by atoms with Gasteiger partial charge < -0.3 is 9.84 Å². The van der Waals surface area contributed by atoms with Crippen LogP contribution in [0.5, 0.6) is 0 Å². The Labute approximate surface area is 147 Å². The van der Waals surface area contributed by atoms with Gasteiger partial charge in [0.2, 0.25) is 11.8 Å². The van der Waals surface area contributed by atoms with Crippen LogP contribution in [0.2, 0.25) is 0 Å². The zero-order chi connectivity index (χ0) is 17.5. The molecule has 0 aliphatic heterocycles. The van der Waals surface area contributed by atoms with Gasteiger partial charge in [-0.3, -0.25) is 4.79 Å². The highest BCUT2D eigenvalue weighted by molar-refractivity contribution is 5.83. The molecule has 0 saturated carbocycles. The topological polar surface area (TPSA) is 68.0 Å². The first-order valence-electron chi connectivity index (χ1n) is 8.44. The van der Waals surface area contributed by atoms with Gasteiger partial charge in [-0.15, -0.1) is 0 Å². The summed E-state index contributed by atoms with van der Waals surface area (Å²) in [5.74, 6) is 0.841. The first-order chi connectivity index (χ1) is 12.3. The van der Waals surface area contributed by atoms with E-state index in [-0.39, 0.29) is 18.4 Å². The molecule has 1 N–H and O–H groups in total. The fraction of sp³-hybridized carbons (Fsp3) is 0.250. The Kier molecular flexibility index (Phi) is 5.57. The molecule has 3 rings (SSSR count). The molecular weight excluding hydrogens is 314 g/mol. The van der Waals surface area contributed by atoms with E-state index in [1.54, 1.807) is 0 Å². The number of amides is 1. The van der Waals surface area contributed by atoms with Gasteiger partial charge in [0.15, 0.2) is 5.82 Å². The van der Waals surface area contributed by atoms with Crippen molar-refractivity contribution in [1.29, 1.82) is 0 Å². The van der Waals surface area contributed by atoms with E-state index < -0.39 is 0 Å². The van der Waals surface area contributed by atoms with Crippen LogP contribution in [0.4, 0.5) is 0 Å². The molecule has 0 aliphatic rings. The molecule has 0 fully saturated rings. The van der Waals surface area contributed by atoms with E-state index in [1.807, 2.05) is 67.6 Å². The standard InChI is InChI=1S/C20H21N3O2/c1-2-17(16-11-7-4-8-12-16)20(24)21-14-18-22-19(25-23-18)13-15-9-5-3-6-10-15/h3-12,17H,2,13-14H2,1H3,(H,21,24)/t17-/m1/s1. The lowest BCUT2D eigenvalue weighted by Gasteiger charge is -2.14. The number of carbonyl (C=O) groups is 1. The van der Waals surface area contributed by atoms with Gasteiger partial charge in [0, 0.05) is 0 Å². The van der Waals surface area contributed by atoms with Crippen molar-refractivity contribution in [1.82, 2.24) is 15.5 Å². The number of hydrogen-bond acceptors (Lipinski definition) is 4. The van der Waals surface area contributed by atoms with Crippen molar-refractivity contribution in [3.63, 3.8) is 0 Å². The molecule has 0 radical (unpaired) electrons. The third kappa shape index (κ3) is 4.53. The molecule has 128 valence electrons. The molecule has 1 amide bonds. The highest BCUT2D eigenvalue weighted by Gasteiger charge is 2.18. The van der Waals surface area contributed by atoms with Gasteiger partial charge >= 0.3 is 0 Å². The normalized spacial score (nSPS) is 11.9. The molecule has 0 spiro atoms. The second-order valence-electron chi connectivity index (χ2n) is 5.86. The number of aromatic nitrogens is 2. The van der Waals surface area contributed by atoms with Crippen molar-refractivity contribution in [3.05, 3.63) is 83.5 Å². The lowest BCUT2D eigenvalue weighted by Crippen LogP contribution is -2.29. The maximum absolute atomic E-state index is 12.4. The predicted molar refractivity (Wildman–Crippen MR) is 94.9 cm³/mol. The van der Waals surface area contributed by atoms with Gasteiger partial charge in [-0.2, -0.15) is 4.98 Å². The minimum atomic E-state index is -0.170. The summed E-state index contributed by atoms with van der Waals surface area (Å²) in [6.07, 6.45) is 1.32. The number of benzene rings is 2. The molecule has 2 aromatic carbocycles. The van der Waals surface area contributed by atoms with Crippen LogP contribution in [0.3, 0.4) is 0 Å². The lowest BCUT2D eigenvalue weighted by atomic mass is 9.96. The number of hydrogen-bond donors (Lipinski definition) is 1. The van der Waals surface area contributed by atoms with Gasteiger partial charge in [-0.25, -0.2) is 0 Å². The number of nitrogens with zero attached hydrogens (tertiary/aromatic N) is 2. The molecule has 0 saturated heterocycles. The molecule has 5 heteroatoms. The summed E-state index contributed by atoms with van der Waals surface area (Å²) in [4.78, 5) is 16.8. The third-order valence-corrected chi connectivity index (χ3v) is 4.06. The van der Waals surface area contributed by atoms with Gasteiger partial charge in [-0.05, 0) is 17.5 Å². The Morgan fingerprint density at radius 2 is 1.76 bits per heavy atom. The average molecular weight is 335 g/mol. The highest BCUT2D eigenvalue weighted by Crippen LogP contribution is 2.19. The van der Waals surface area contributed by atoms with E-state index >= 15 is 0 Å². The summed E-state index contributed by atoms with van der Waals surface area (Å²) < 4.78 is 5.26. The Morgan fingerprint density at radius 1 is 1.08 bits per heavy atom. The number of nitrogens with one attached hydrogen (secondary N) is 1. The van der Waals surface area contributed by atoms with Gasteiger partial charge in [0.1, 0.15) is 0 Å². The largest absolute Gasteiger partial charge is 0.348 e. The summed E-state index contributed by atoms with van der Waals surface area (Å²) in [6.45, 7) is 2.27. The zero-order valence-corrected chi connectivity index (χ0v) is 14.2. The molecule has 25 heavy (non-hydrogen) atoms. The predicted octanol–water partition coefficient (Wildman–Crippen LogP) is 3.47. The summed E-state index contributed by atoms with van der Waals surface area (Å²) in [7, 11) is 0. The SMILES string of the molecule is CC[C@@H](C(=O)NCc1noc(Cc2ccccc2)n1)c1ccccc1. The number of rotatable bonds is 7. The summed E-state index contributed by atoms with van der Waals surface area (Å²) in [5.41, 5.74) is 2.12. The van der Waals surface area contributed by atoms with Crippen LogP contribution >= 0.6 is 0 Å². The fourth-order valence-electron chi connectivity index (χ4n) is 2.75. The van der Waals surface area contributed by atoms with Crippen molar-refractivity contribution in [2.75, 3.05) is 0 Å². The van der Waals surface area contributed by atoms with Crippen LogP contribution in [0, 0.1) is 0 Å². The fourth-order valence-corrected chi connectivity index (χ4v) is 2.75. The molecule has 1 aromatic heterocycles. The first kappa shape index (κ1) is 16.9. The van der Waals surface area contributed by atoms with Crippen molar-refractivity contribution >= 4 is 5.91 Å². The van der Waals surface area contributed by atoms with Crippen molar-refractivity contribution in [3.8, 4) is 0 Å². The van der Waals surface area contributed by atoms with Gasteiger partial charge in [0.05, 0.1) is 18.9 Å². The van der Waals surface area contributed by atoms with Gasteiger partial charge in [-0.1, -0.05) is 72.7 Å². The Bertz CT molecular complexity index is 800. The van der Waals surface area contributed by atoms with E-state index in [1.165, 1.54) is 0 Å². The summed E-state index contributed by atoms with van der Waals surface area (Å²) >= 11 is 0. The Balaban J connectivity index is 1.57. The molecule has 3 aromatic rings. The molecule has 0 bridgehead atoms. The number of carbonyl (C=O) groups excluding carboxylic acids is 1. The summed E-state index contributed by atoms with van der Waals surface area (Å²) in [5, 5.41) is 6.84. The monoisotopic (exact) mass is 335 g/mol.